The zero-order chi connectivity index (χ0) is 10.9. The number of hydrogen-bond donors (Lipinski definition) is 0. The summed E-state index contributed by atoms with van der Waals surface area (Å²) in [6, 6.07) is 0.420. The van der Waals surface area contributed by atoms with E-state index in [1.807, 2.05) is 6.33 Å². The van der Waals surface area contributed by atoms with Crippen LogP contribution in [0.1, 0.15) is 45.0 Å². The third kappa shape index (κ3) is 1.91. The van der Waals surface area contributed by atoms with E-state index in [2.05, 4.69) is 28.6 Å². The SMILES string of the molecule is COC1(Cc2nncn2C(C)C)CCC1. The van der Waals surface area contributed by atoms with Crippen molar-refractivity contribution >= 4 is 0 Å². The van der Waals surface area contributed by atoms with Crippen LogP contribution in [0.2, 0.25) is 0 Å². The van der Waals surface area contributed by atoms with E-state index in [9.17, 15) is 0 Å². The van der Waals surface area contributed by atoms with Crippen LogP contribution in [0.4, 0.5) is 0 Å². The number of rotatable bonds is 4. The van der Waals surface area contributed by atoms with Crippen molar-refractivity contribution in [3.05, 3.63) is 12.2 Å². The molecule has 1 aromatic heterocycles. The lowest BCUT2D eigenvalue weighted by molar-refractivity contribution is -0.0727. The maximum absolute atomic E-state index is 5.60. The summed E-state index contributed by atoms with van der Waals surface area (Å²) in [4.78, 5) is 0. The Bertz CT molecular complexity index is 323. The summed E-state index contributed by atoms with van der Waals surface area (Å²) < 4.78 is 7.72. The summed E-state index contributed by atoms with van der Waals surface area (Å²) in [7, 11) is 1.80. The first kappa shape index (κ1) is 10.6. The first-order valence-corrected chi connectivity index (χ1v) is 5.60. The highest BCUT2D eigenvalue weighted by atomic mass is 16.5. The molecule has 84 valence electrons. The highest BCUT2D eigenvalue weighted by molar-refractivity contribution is 5.01. The van der Waals surface area contributed by atoms with E-state index in [1.165, 1.54) is 6.42 Å². The molecule has 1 aliphatic carbocycles. The van der Waals surface area contributed by atoms with Gasteiger partial charge in [-0.3, -0.25) is 0 Å². The molecule has 1 heterocycles. The van der Waals surface area contributed by atoms with E-state index < -0.39 is 0 Å². The van der Waals surface area contributed by atoms with E-state index in [0.717, 1.165) is 25.1 Å². The average molecular weight is 209 g/mol. The van der Waals surface area contributed by atoms with Crippen LogP contribution in [0.15, 0.2) is 6.33 Å². The molecule has 0 saturated heterocycles. The number of ether oxygens (including phenoxy) is 1. The highest BCUT2D eigenvalue weighted by Crippen LogP contribution is 2.37. The van der Waals surface area contributed by atoms with E-state index in [4.69, 9.17) is 4.74 Å². The molecular weight excluding hydrogens is 190 g/mol. The van der Waals surface area contributed by atoms with Crippen molar-refractivity contribution in [2.45, 2.75) is 51.2 Å². The summed E-state index contributed by atoms with van der Waals surface area (Å²) in [5.41, 5.74) is 0.0413. The Morgan fingerprint density at radius 2 is 2.27 bits per heavy atom. The largest absolute Gasteiger partial charge is 0.378 e. The molecule has 0 radical (unpaired) electrons. The minimum absolute atomic E-state index is 0.0413. The molecule has 1 aliphatic rings. The Labute approximate surface area is 90.7 Å². The molecule has 0 unspecified atom stereocenters. The summed E-state index contributed by atoms with van der Waals surface area (Å²) in [6.45, 7) is 4.29. The molecule has 15 heavy (non-hydrogen) atoms. The Kier molecular flexibility index (Phi) is 2.78. The maximum Gasteiger partial charge on any atom is 0.135 e. The Hall–Kier alpha value is -0.900. The fourth-order valence-electron chi connectivity index (χ4n) is 2.14. The first-order valence-electron chi connectivity index (χ1n) is 5.60. The Balaban J connectivity index is 2.13. The van der Waals surface area contributed by atoms with Crippen molar-refractivity contribution < 1.29 is 4.74 Å². The second kappa shape index (κ2) is 3.93. The van der Waals surface area contributed by atoms with Gasteiger partial charge in [0, 0.05) is 19.6 Å². The monoisotopic (exact) mass is 209 g/mol. The fraction of sp³-hybridized carbons (Fsp3) is 0.818. The van der Waals surface area contributed by atoms with Gasteiger partial charge in [0.2, 0.25) is 0 Å². The lowest BCUT2D eigenvalue weighted by Crippen LogP contribution is -2.42. The first-order chi connectivity index (χ1) is 7.17. The highest BCUT2D eigenvalue weighted by Gasteiger charge is 2.38. The topological polar surface area (TPSA) is 39.9 Å². The second-order valence-corrected chi connectivity index (χ2v) is 4.67. The van der Waals surface area contributed by atoms with Gasteiger partial charge in [0.15, 0.2) is 0 Å². The molecule has 0 amide bonds. The van der Waals surface area contributed by atoms with Gasteiger partial charge in [-0.1, -0.05) is 0 Å². The predicted molar refractivity (Wildman–Crippen MR) is 57.7 cm³/mol. The fourth-order valence-corrected chi connectivity index (χ4v) is 2.14. The molecule has 1 aromatic rings. The lowest BCUT2D eigenvalue weighted by atomic mass is 9.77. The molecule has 0 bridgehead atoms. The molecule has 0 atom stereocenters. The van der Waals surface area contributed by atoms with Crippen molar-refractivity contribution in [2.24, 2.45) is 0 Å². The molecular formula is C11H19N3O. The van der Waals surface area contributed by atoms with Gasteiger partial charge in [-0.05, 0) is 33.1 Å². The van der Waals surface area contributed by atoms with Crippen LogP contribution in [-0.2, 0) is 11.2 Å². The third-order valence-electron chi connectivity index (χ3n) is 3.38. The van der Waals surface area contributed by atoms with Crippen LogP contribution in [0, 0.1) is 0 Å². The van der Waals surface area contributed by atoms with Crippen molar-refractivity contribution in [3.8, 4) is 0 Å². The third-order valence-corrected chi connectivity index (χ3v) is 3.38. The molecule has 4 heteroatoms. The van der Waals surface area contributed by atoms with Crippen LogP contribution >= 0.6 is 0 Å². The van der Waals surface area contributed by atoms with Gasteiger partial charge < -0.3 is 9.30 Å². The van der Waals surface area contributed by atoms with Crippen molar-refractivity contribution in [1.82, 2.24) is 14.8 Å². The second-order valence-electron chi connectivity index (χ2n) is 4.67. The van der Waals surface area contributed by atoms with Gasteiger partial charge in [-0.25, -0.2) is 0 Å². The standard InChI is InChI=1S/C11H19N3O/c1-9(2)14-8-12-13-10(14)7-11(15-3)5-4-6-11/h8-9H,4-7H2,1-3H3. The molecule has 1 saturated carbocycles. The lowest BCUT2D eigenvalue weighted by Gasteiger charge is -2.40. The van der Waals surface area contributed by atoms with Crippen LogP contribution in [-0.4, -0.2) is 27.5 Å². The van der Waals surface area contributed by atoms with Crippen LogP contribution in [0.3, 0.4) is 0 Å². The molecule has 4 nitrogen and oxygen atoms in total. The summed E-state index contributed by atoms with van der Waals surface area (Å²) in [6.07, 6.45) is 6.26. The number of methoxy groups -OCH3 is 1. The van der Waals surface area contributed by atoms with E-state index in [-0.39, 0.29) is 5.60 Å². The van der Waals surface area contributed by atoms with E-state index in [1.54, 1.807) is 7.11 Å². The number of aromatic nitrogens is 3. The molecule has 0 aromatic carbocycles. The molecule has 2 rings (SSSR count). The van der Waals surface area contributed by atoms with Gasteiger partial charge in [0.05, 0.1) is 5.60 Å². The Morgan fingerprint density at radius 3 is 2.73 bits per heavy atom. The van der Waals surface area contributed by atoms with Gasteiger partial charge in [-0.2, -0.15) is 0 Å². The van der Waals surface area contributed by atoms with E-state index >= 15 is 0 Å². The molecule has 1 fully saturated rings. The summed E-state index contributed by atoms with van der Waals surface area (Å²) >= 11 is 0. The van der Waals surface area contributed by atoms with Crippen molar-refractivity contribution in [3.63, 3.8) is 0 Å². The van der Waals surface area contributed by atoms with Gasteiger partial charge in [0.25, 0.3) is 0 Å². The van der Waals surface area contributed by atoms with Crippen LogP contribution < -0.4 is 0 Å². The summed E-state index contributed by atoms with van der Waals surface area (Å²) in [5.74, 6) is 1.05. The maximum atomic E-state index is 5.60. The van der Waals surface area contributed by atoms with Crippen molar-refractivity contribution in [2.75, 3.05) is 7.11 Å². The van der Waals surface area contributed by atoms with E-state index in [0.29, 0.717) is 6.04 Å². The van der Waals surface area contributed by atoms with Gasteiger partial charge >= 0.3 is 0 Å². The molecule has 0 spiro atoms. The Morgan fingerprint density at radius 1 is 1.53 bits per heavy atom. The minimum Gasteiger partial charge on any atom is -0.378 e. The predicted octanol–water partition coefficient (Wildman–Crippen LogP) is 1.97. The normalized spacial score (nSPS) is 19.2. The van der Waals surface area contributed by atoms with Crippen LogP contribution in [0.5, 0.6) is 0 Å². The van der Waals surface area contributed by atoms with Crippen molar-refractivity contribution in [1.29, 1.82) is 0 Å². The average Bonchev–Trinajstić information content (AvgIpc) is 2.59. The zero-order valence-electron chi connectivity index (χ0n) is 9.73. The zero-order valence-corrected chi connectivity index (χ0v) is 9.73. The van der Waals surface area contributed by atoms with Gasteiger partial charge in [0.1, 0.15) is 12.2 Å². The number of hydrogen-bond acceptors (Lipinski definition) is 3. The molecule has 0 aliphatic heterocycles. The summed E-state index contributed by atoms with van der Waals surface area (Å²) in [5, 5.41) is 8.16. The molecule has 0 N–H and O–H groups in total. The minimum atomic E-state index is 0.0413. The van der Waals surface area contributed by atoms with Gasteiger partial charge in [-0.15, -0.1) is 10.2 Å². The smallest absolute Gasteiger partial charge is 0.135 e. The quantitative estimate of drug-likeness (QED) is 0.761. The van der Waals surface area contributed by atoms with Crippen LogP contribution in [0.25, 0.3) is 0 Å². The number of nitrogens with zero attached hydrogens (tertiary/aromatic N) is 3.